The summed E-state index contributed by atoms with van der Waals surface area (Å²) in [6.07, 6.45) is -0.169. The highest BCUT2D eigenvalue weighted by atomic mass is 32.2. The number of ether oxygens (including phenoxy) is 1. The minimum atomic E-state index is -3.59. The summed E-state index contributed by atoms with van der Waals surface area (Å²) >= 11 is 0. The Bertz CT molecular complexity index is 549. The van der Waals surface area contributed by atoms with Crippen LogP contribution in [0.2, 0.25) is 0 Å². The van der Waals surface area contributed by atoms with E-state index in [1.165, 1.54) is 19.2 Å². The molecule has 0 amide bonds. The second-order valence-electron chi connectivity index (χ2n) is 4.27. The van der Waals surface area contributed by atoms with E-state index in [0.29, 0.717) is 0 Å². The van der Waals surface area contributed by atoms with Gasteiger partial charge in [0.25, 0.3) is 0 Å². The van der Waals surface area contributed by atoms with Crippen LogP contribution >= 0.6 is 0 Å². The molecule has 1 unspecified atom stereocenters. The molecule has 0 heterocycles. The number of nitriles is 1. The molecular formula is C13H18N2O4S. The smallest absolute Gasteiger partial charge is 0.240 e. The topological polar surface area (TPSA) is 99.4 Å². The third-order valence-corrected chi connectivity index (χ3v) is 4.12. The zero-order valence-electron chi connectivity index (χ0n) is 11.2. The van der Waals surface area contributed by atoms with E-state index in [1.54, 1.807) is 12.1 Å². The quantitative estimate of drug-likeness (QED) is 0.725. The van der Waals surface area contributed by atoms with Crippen molar-refractivity contribution >= 4 is 10.0 Å². The lowest BCUT2D eigenvalue weighted by Gasteiger charge is -2.10. The Morgan fingerprint density at radius 2 is 2.05 bits per heavy atom. The Hall–Kier alpha value is -1.46. The van der Waals surface area contributed by atoms with Crippen LogP contribution in [0.3, 0.4) is 0 Å². The van der Waals surface area contributed by atoms with Crippen LogP contribution < -0.4 is 4.72 Å². The molecule has 0 saturated carbocycles. The van der Waals surface area contributed by atoms with Gasteiger partial charge in [0.1, 0.15) is 0 Å². The summed E-state index contributed by atoms with van der Waals surface area (Å²) in [4.78, 5) is 0.139. The average molecular weight is 298 g/mol. The van der Waals surface area contributed by atoms with Crippen molar-refractivity contribution in [1.29, 1.82) is 5.26 Å². The third-order valence-electron chi connectivity index (χ3n) is 2.65. The van der Waals surface area contributed by atoms with E-state index in [4.69, 9.17) is 10.00 Å². The number of methoxy groups -OCH3 is 1. The van der Waals surface area contributed by atoms with Crippen LogP contribution in [-0.4, -0.2) is 39.9 Å². The molecule has 6 nitrogen and oxygen atoms in total. The van der Waals surface area contributed by atoms with Gasteiger partial charge in [0.2, 0.25) is 10.0 Å². The number of benzene rings is 1. The first-order chi connectivity index (χ1) is 9.49. The molecule has 0 spiro atoms. The van der Waals surface area contributed by atoms with Crippen LogP contribution in [0.1, 0.15) is 12.0 Å². The Morgan fingerprint density at radius 3 is 2.60 bits per heavy atom. The molecule has 2 N–H and O–H groups in total. The molecule has 1 aromatic rings. The van der Waals surface area contributed by atoms with E-state index in [9.17, 15) is 13.5 Å². The maximum atomic E-state index is 12.0. The predicted molar refractivity (Wildman–Crippen MR) is 73.4 cm³/mol. The van der Waals surface area contributed by atoms with Crippen molar-refractivity contribution in [3.63, 3.8) is 0 Å². The van der Waals surface area contributed by atoms with E-state index >= 15 is 0 Å². The first-order valence-corrected chi connectivity index (χ1v) is 7.60. The molecule has 0 fully saturated rings. The Balaban J connectivity index is 2.58. The maximum absolute atomic E-state index is 12.0. The van der Waals surface area contributed by atoms with Crippen LogP contribution in [0.15, 0.2) is 29.2 Å². The van der Waals surface area contributed by atoms with Gasteiger partial charge in [-0.3, -0.25) is 0 Å². The summed E-state index contributed by atoms with van der Waals surface area (Å²) < 4.78 is 31.1. The predicted octanol–water partition coefficient (Wildman–Crippen LogP) is 0.428. The number of nitrogens with one attached hydrogen (secondary N) is 1. The van der Waals surface area contributed by atoms with Gasteiger partial charge in [0, 0.05) is 13.7 Å². The molecule has 0 bridgehead atoms. The zero-order chi connectivity index (χ0) is 15.0. The minimum Gasteiger partial charge on any atom is -0.391 e. The van der Waals surface area contributed by atoms with Crippen molar-refractivity contribution in [2.45, 2.75) is 23.8 Å². The average Bonchev–Trinajstić information content (AvgIpc) is 2.40. The van der Waals surface area contributed by atoms with E-state index in [1.807, 2.05) is 6.07 Å². The molecule has 1 atom stereocenters. The Morgan fingerprint density at radius 1 is 1.40 bits per heavy atom. The molecule has 0 aliphatic carbocycles. The number of hydrogen-bond acceptors (Lipinski definition) is 5. The molecule has 110 valence electrons. The summed E-state index contributed by atoms with van der Waals surface area (Å²) in [5.74, 6) is 0. The van der Waals surface area contributed by atoms with Crippen molar-refractivity contribution in [1.82, 2.24) is 4.72 Å². The summed E-state index contributed by atoms with van der Waals surface area (Å²) in [7, 11) is -2.12. The standard InChI is InChI=1S/C13H18N2O4S/c1-19-10-12(16)7-9-15-20(17,18)13-4-2-11(3-5-13)6-8-14/h2-5,12,15-16H,6-7,9-10H2,1H3. The number of rotatable bonds is 8. The summed E-state index contributed by atoms with van der Waals surface area (Å²) in [6, 6.07) is 8.13. The first kappa shape index (κ1) is 16.6. The summed E-state index contributed by atoms with van der Waals surface area (Å²) in [5.41, 5.74) is 0.766. The van der Waals surface area contributed by atoms with Crippen LogP contribution in [0.4, 0.5) is 0 Å². The van der Waals surface area contributed by atoms with Crippen LogP contribution in [0, 0.1) is 11.3 Å². The fourth-order valence-electron chi connectivity index (χ4n) is 1.60. The lowest BCUT2D eigenvalue weighted by Crippen LogP contribution is -2.28. The van der Waals surface area contributed by atoms with Gasteiger partial charge in [0.15, 0.2) is 0 Å². The van der Waals surface area contributed by atoms with Crippen molar-refractivity contribution < 1.29 is 18.3 Å². The molecule has 1 aromatic carbocycles. The molecule has 1 rings (SSSR count). The van der Waals surface area contributed by atoms with Crippen molar-refractivity contribution in [2.24, 2.45) is 0 Å². The molecule has 0 aliphatic heterocycles. The van der Waals surface area contributed by atoms with Gasteiger partial charge in [-0.1, -0.05) is 12.1 Å². The van der Waals surface area contributed by atoms with Crippen LogP contribution in [-0.2, 0) is 21.2 Å². The normalized spacial score (nSPS) is 12.8. The molecule has 20 heavy (non-hydrogen) atoms. The highest BCUT2D eigenvalue weighted by molar-refractivity contribution is 7.89. The second kappa shape index (κ2) is 7.97. The lowest BCUT2D eigenvalue weighted by molar-refractivity contribution is 0.0603. The second-order valence-corrected chi connectivity index (χ2v) is 6.04. The summed E-state index contributed by atoms with van der Waals surface area (Å²) in [6.45, 7) is 0.303. The van der Waals surface area contributed by atoms with E-state index in [2.05, 4.69) is 4.72 Å². The van der Waals surface area contributed by atoms with Crippen LogP contribution in [0.5, 0.6) is 0 Å². The molecule has 0 aliphatic rings. The Kier molecular flexibility index (Phi) is 6.61. The van der Waals surface area contributed by atoms with Gasteiger partial charge in [-0.2, -0.15) is 5.26 Å². The van der Waals surface area contributed by atoms with Gasteiger partial charge in [0.05, 0.1) is 30.1 Å². The Labute approximate surface area is 119 Å². The van der Waals surface area contributed by atoms with Gasteiger partial charge in [-0.25, -0.2) is 13.1 Å². The molecule has 7 heteroatoms. The van der Waals surface area contributed by atoms with Crippen molar-refractivity contribution in [2.75, 3.05) is 20.3 Å². The zero-order valence-corrected chi connectivity index (χ0v) is 12.1. The first-order valence-electron chi connectivity index (χ1n) is 6.12. The van der Waals surface area contributed by atoms with Crippen LogP contribution in [0.25, 0.3) is 0 Å². The lowest BCUT2D eigenvalue weighted by atomic mass is 10.2. The molecule has 0 aromatic heterocycles. The molecule has 0 radical (unpaired) electrons. The molecule has 0 saturated heterocycles. The van der Waals surface area contributed by atoms with Gasteiger partial charge < -0.3 is 9.84 Å². The number of sulfonamides is 1. The SMILES string of the molecule is COCC(O)CCNS(=O)(=O)c1ccc(CC#N)cc1. The highest BCUT2D eigenvalue weighted by Gasteiger charge is 2.14. The fraction of sp³-hybridized carbons (Fsp3) is 0.462. The highest BCUT2D eigenvalue weighted by Crippen LogP contribution is 2.10. The minimum absolute atomic E-state index is 0.132. The number of nitrogens with zero attached hydrogens (tertiary/aromatic N) is 1. The van der Waals surface area contributed by atoms with E-state index in [-0.39, 0.29) is 30.9 Å². The van der Waals surface area contributed by atoms with E-state index < -0.39 is 16.1 Å². The number of aliphatic hydroxyl groups is 1. The van der Waals surface area contributed by atoms with Gasteiger partial charge >= 0.3 is 0 Å². The maximum Gasteiger partial charge on any atom is 0.240 e. The van der Waals surface area contributed by atoms with Crippen molar-refractivity contribution in [3.05, 3.63) is 29.8 Å². The monoisotopic (exact) mass is 298 g/mol. The number of aliphatic hydroxyl groups excluding tert-OH is 1. The molecular weight excluding hydrogens is 280 g/mol. The number of hydrogen-bond donors (Lipinski definition) is 2. The van der Waals surface area contributed by atoms with E-state index in [0.717, 1.165) is 5.56 Å². The fourth-order valence-corrected chi connectivity index (χ4v) is 2.64. The van der Waals surface area contributed by atoms with Gasteiger partial charge in [-0.15, -0.1) is 0 Å². The summed E-state index contributed by atoms with van der Waals surface area (Å²) in [5, 5.41) is 18.0. The third kappa shape index (κ3) is 5.27. The van der Waals surface area contributed by atoms with Crippen molar-refractivity contribution in [3.8, 4) is 6.07 Å². The largest absolute Gasteiger partial charge is 0.391 e. The van der Waals surface area contributed by atoms with Gasteiger partial charge in [-0.05, 0) is 24.1 Å².